The van der Waals surface area contributed by atoms with E-state index < -0.39 is 11.2 Å². The Balaban J connectivity index is 2.36. The van der Waals surface area contributed by atoms with E-state index in [9.17, 15) is 14.4 Å². The lowest BCUT2D eigenvalue weighted by atomic mass is 10.2. The quantitative estimate of drug-likeness (QED) is 0.851. The summed E-state index contributed by atoms with van der Waals surface area (Å²) >= 11 is 1.86. The zero-order valence-electron chi connectivity index (χ0n) is 11.1. The molecule has 1 N–H and O–H groups in total. The third-order valence-corrected chi connectivity index (χ3v) is 4.74. The number of ketones is 1. The molecule has 2 unspecified atom stereocenters. The molecule has 1 saturated carbocycles. The van der Waals surface area contributed by atoms with E-state index in [2.05, 4.69) is 11.9 Å². The Morgan fingerprint density at radius 1 is 1.47 bits per heavy atom. The van der Waals surface area contributed by atoms with Crippen LogP contribution in [0.1, 0.15) is 49.5 Å². The normalized spacial score (nSPS) is 22.6. The SMILES string of the molecule is CCSC1CCC(n2c(=O)[nH]cc(C(C)=O)c2=O)C1. The minimum absolute atomic E-state index is 0.0613. The number of carbonyl (C=O) groups is 1. The molecule has 1 aromatic heterocycles. The van der Waals surface area contributed by atoms with E-state index in [1.807, 2.05) is 11.8 Å². The molecule has 0 radical (unpaired) electrons. The van der Waals surface area contributed by atoms with Crippen molar-refractivity contribution in [2.75, 3.05) is 5.75 Å². The number of hydrogen-bond acceptors (Lipinski definition) is 4. The van der Waals surface area contributed by atoms with Crippen molar-refractivity contribution < 1.29 is 4.79 Å². The Labute approximate surface area is 115 Å². The highest BCUT2D eigenvalue weighted by atomic mass is 32.2. The van der Waals surface area contributed by atoms with Gasteiger partial charge in [-0.25, -0.2) is 4.79 Å². The van der Waals surface area contributed by atoms with Crippen LogP contribution in [-0.2, 0) is 0 Å². The summed E-state index contributed by atoms with van der Waals surface area (Å²) < 4.78 is 1.23. The number of Topliss-reactive ketones (excluding diaryl/α,β-unsaturated/α-hetero) is 1. The Bertz CT molecular complexity index is 590. The highest BCUT2D eigenvalue weighted by Gasteiger charge is 2.28. The fraction of sp³-hybridized carbons (Fsp3) is 0.615. The monoisotopic (exact) mass is 282 g/mol. The standard InChI is InChI=1S/C13H18N2O3S/c1-3-19-10-5-4-9(6-10)15-12(17)11(8(2)16)7-14-13(15)18/h7,9-10H,3-6H2,1-2H3,(H,14,18). The average Bonchev–Trinajstić information content (AvgIpc) is 2.77. The number of aromatic amines is 1. The average molecular weight is 282 g/mol. The number of H-pyrrole nitrogens is 1. The maximum atomic E-state index is 12.2. The first-order chi connectivity index (χ1) is 9.04. The van der Waals surface area contributed by atoms with Crippen molar-refractivity contribution in [2.24, 2.45) is 0 Å². The predicted octanol–water partition coefficient (Wildman–Crippen LogP) is 1.59. The Morgan fingerprint density at radius 3 is 2.84 bits per heavy atom. The van der Waals surface area contributed by atoms with E-state index in [0.29, 0.717) is 5.25 Å². The first-order valence-corrected chi connectivity index (χ1v) is 7.56. The van der Waals surface area contributed by atoms with Gasteiger partial charge in [-0.15, -0.1) is 0 Å². The molecule has 0 aliphatic heterocycles. The molecule has 2 rings (SSSR count). The van der Waals surface area contributed by atoms with Gasteiger partial charge in [-0.1, -0.05) is 6.92 Å². The first-order valence-electron chi connectivity index (χ1n) is 6.51. The molecule has 2 atom stereocenters. The molecule has 6 heteroatoms. The van der Waals surface area contributed by atoms with Gasteiger partial charge in [0.05, 0.1) is 5.56 Å². The van der Waals surface area contributed by atoms with Crippen molar-refractivity contribution in [3.05, 3.63) is 32.6 Å². The van der Waals surface area contributed by atoms with E-state index in [0.717, 1.165) is 25.0 Å². The highest BCUT2D eigenvalue weighted by molar-refractivity contribution is 7.99. The van der Waals surface area contributed by atoms with Crippen molar-refractivity contribution in [3.63, 3.8) is 0 Å². The zero-order chi connectivity index (χ0) is 14.0. The predicted molar refractivity (Wildman–Crippen MR) is 76.1 cm³/mol. The van der Waals surface area contributed by atoms with Crippen LogP contribution in [0.25, 0.3) is 0 Å². The smallest absolute Gasteiger partial charge is 0.313 e. The summed E-state index contributed by atoms with van der Waals surface area (Å²) in [6, 6.07) is -0.0837. The molecule has 1 aromatic rings. The third kappa shape index (κ3) is 2.83. The molecule has 0 spiro atoms. The van der Waals surface area contributed by atoms with Crippen LogP contribution in [0.3, 0.4) is 0 Å². The Hall–Kier alpha value is -1.30. The second kappa shape index (κ2) is 5.77. The zero-order valence-corrected chi connectivity index (χ0v) is 12.0. The summed E-state index contributed by atoms with van der Waals surface area (Å²) in [5, 5.41) is 0.502. The summed E-state index contributed by atoms with van der Waals surface area (Å²) in [7, 11) is 0. The van der Waals surface area contributed by atoms with Crippen LogP contribution in [-0.4, -0.2) is 26.3 Å². The summed E-state index contributed by atoms with van der Waals surface area (Å²) in [5.74, 6) is 0.725. The van der Waals surface area contributed by atoms with Gasteiger partial charge >= 0.3 is 5.69 Å². The maximum absolute atomic E-state index is 12.2. The summed E-state index contributed by atoms with van der Waals surface area (Å²) in [5.41, 5.74) is -0.809. The number of rotatable bonds is 4. The number of aromatic nitrogens is 2. The molecule has 1 aliphatic carbocycles. The molecule has 0 aromatic carbocycles. The van der Waals surface area contributed by atoms with Crippen molar-refractivity contribution in [2.45, 2.75) is 44.4 Å². The minimum Gasteiger partial charge on any atom is -0.313 e. The molecular weight excluding hydrogens is 264 g/mol. The van der Waals surface area contributed by atoms with Gasteiger partial charge in [0.25, 0.3) is 5.56 Å². The summed E-state index contributed by atoms with van der Waals surface area (Å²) in [6.07, 6.45) is 3.88. The van der Waals surface area contributed by atoms with E-state index in [1.165, 1.54) is 17.7 Å². The molecule has 1 aliphatic rings. The number of nitrogens with zero attached hydrogens (tertiary/aromatic N) is 1. The van der Waals surface area contributed by atoms with E-state index in [4.69, 9.17) is 0 Å². The maximum Gasteiger partial charge on any atom is 0.328 e. The number of hydrogen-bond donors (Lipinski definition) is 1. The molecule has 104 valence electrons. The first kappa shape index (κ1) is 14.1. The van der Waals surface area contributed by atoms with Gasteiger partial charge in [-0.2, -0.15) is 11.8 Å². The molecule has 0 amide bonds. The van der Waals surface area contributed by atoms with Crippen LogP contribution in [0.5, 0.6) is 0 Å². The fourth-order valence-corrected chi connectivity index (χ4v) is 3.74. The molecule has 19 heavy (non-hydrogen) atoms. The van der Waals surface area contributed by atoms with E-state index in [-0.39, 0.29) is 17.4 Å². The lowest BCUT2D eigenvalue weighted by molar-refractivity contribution is 0.101. The van der Waals surface area contributed by atoms with Gasteiger partial charge in [0.15, 0.2) is 5.78 Å². The van der Waals surface area contributed by atoms with Crippen LogP contribution in [0.15, 0.2) is 15.8 Å². The van der Waals surface area contributed by atoms with Gasteiger partial charge < -0.3 is 4.98 Å². The van der Waals surface area contributed by atoms with Crippen LogP contribution in [0.4, 0.5) is 0 Å². The second-order valence-electron chi connectivity index (χ2n) is 4.78. The van der Waals surface area contributed by atoms with Crippen molar-refractivity contribution in [1.82, 2.24) is 9.55 Å². The van der Waals surface area contributed by atoms with Crippen LogP contribution in [0, 0.1) is 0 Å². The van der Waals surface area contributed by atoms with Gasteiger partial charge in [0, 0.05) is 17.5 Å². The minimum atomic E-state index is -0.455. The van der Waals surface area contributed by atoms with E-state index in [1.54, 1.807) is 0 Å². The second-order valence-corrected chi connectivity index (χ2v) is 6.36. The van der Waals surface area contributed by atoms with E-state index >= 15 is 0 Å². The van der Waals surface area contributed by atoms with Crippen molar-refractivity contribution in [1.29, 1.82) is 0 Å². The van der Waals surface area contributed by atoms with Gasteiger partial charge in [-0.3, -0.25) is 14.2 Å². The number of nitrogens with one attached hydrogen (secondary N) is 1. The Morgan fingerprint density at radius 2 is 2.21 bits per heavy atom. The van der Waals surface area contributed by atoms with Crippen LogP contribution in [0.2, 0.25) is 0 Å². The topological polar surface area (TPSA) is 71.9 Å². The third-order valence-electron chi connectivity index (χ3n) is 3.51. The van der Waals surface area contributed by atoms with Crippen LogP contribution >= 0.6 is 11.8 Å². The van der Waals surface area contributed by atoms with Crippen molar-refractivity contribution in [3.8, 4) is 0 Å². The molecule has 5 nitrogen and oxygen atoms in total. The lowest BCUT2D eigenvalue weighted by Gasteiger charge is -2.13. The summed E-state index contributed by atoms with van der Waals surface area (Å²) in [6.45, 7) is 3.44. The van der Waals surface area contributed by atoms with Gasteiger partial charge in [-0.05, 0) is 31.9 Å². The molecule has 1 fully saturated rings. The Kier molecular flexibility index (Phi) is 4.29. The molecule has 0 bridgehead atoms. The number of carbonyl (C=O) groups excluding carboxylic acids is 1. The highest BCUT2D eigenvalue weighted by Crippen LogP contribution is 2.35. The summed E-state index contributed by atoms with van der Waals surface area (Å²) in [4.78, 5) is 37.9. The molecular formula is C13H18N2O3S. The lowest BCUT2D eigenvalue weighted by Crippen LogP contribution is -2.39. The van der Waals surface area contributed by atoms with Gasteiger partial charge in [0.2, 0.25) is 0 Å². The van der Waals surface area contributed by atoms with Gasteiger partial charge in [0.1, 0.15) is 0 Å². The number of thioether (sulfide) groups is 1. The van der Waals surface area contributed by atoms with Crippen molar-refractivity contribution >= 4 is 17.5 Å². The fourth-order valence-electron chi connectivity index (χ4n) is 2.61. The molecule has 0 saturated heterocycles. The molecule has 1 heterocycles. The largest absolute Gasteiger partial charge is 0.328 e. The van der Waals surface area contributed by atoms with Crippen LogP contribution < -0.4 is 11.2 Å².